The Balaban J connectivity index is 1.45. The van der Waals surface area contributed by atoms with Crippen molar-refractivity contribution in [1.82, 2.24) is 4.90 Å². The molecular weight excluding hydrogens is 352 g/mol. The Morgan fingerprint density at radius 3 is 2.57 bits per heavy atom. The predicted octanol–water partition coefficient (Wildman–Crippen LogP) is 4.24. The first-order valence-electron chi connectivity index (χ1n) is 10.1. The van der Waals surface area contributed by atoms with Crippen LogP contribution in [0.1, 0.15) is 42.0 Å². The van der Waals surface area contributed by atoms with Crippen LogP contribution in [0, 0.1) is 13.8 Å². The number of fused-ring (bicyclic) bond motifs is 1. The monoisotopic (exact) mass is 380 g/mol. The third-order valence-electron chi connectivity index (χ3n) is 5.37. The second-order valence-corrected chi connectivity index (χ2v) is 7.81. The van der Waals surface area contributed by atoms with Gasteiger partial charge in [0.25, 0.3) is 0 Å². The van der Waals surface area contributed by atoms with E-state index >= 15 is 0 Å². The van der Waals surface area contributed by atoms with Gasteiger partial charge in [0.15, 0.2) is 11.5 Å². The van der Waals surface area contributed by atoms with Gasteiger partial charge in [-0.15, -0.1) is 0 Å². The summed E-state index contributed by atoms with van der Waals surface area (Å²) in [6.07, 6.45) is 3.05. The van der Waals surface area contributed by atoms with Crippen LogP contribution in [0.5, 0.6) is 11.5 Å². The molecule has 1 saturated heterocycles. The summed E-state index contributed by atoms with van der Waals surface area (Å²) < 4.78 is 11.6. The molecular formula is C23H28N2O3. The van der Waals surface area contributed by atoms with Gasteiger partial charge >= 0.3 is 0 Å². The van der Waals surface area contributed by atoms with Crippen LogP contribution in [-0.4, -0.2) is 37.1 Å². The number of likely N-dealkylation sites (tertiary alicyclic amines) is 1. The van der Waals surface area contributed by atoms with Gasteiger partial charge in [-0.25, -0.2) is 0 Å². The molecule has 1 N–H and O–H groups in total. The summed E-state index contributed by atoms with van der Waals surface area (Å²) in [5.74, 6) is 1.67. The Hall–Kier alpha value is -2.53. The third-order valence-corrected chi connectivity index (χ3v) is 5.37. The Labute approximate surface area is 166 Å². The maximum absolute atomic E-state index is 12.6. The number of nitrogens with one attached hydrogen (secondary N) is 1. The van der Waals surface area contributed by atoms with Crippen LogP contribution < -0.4 is 14.8 Å². The highest BCUT2D eigenvalue weighted by atomic mass is 16.5. The molecule has 1 amide bonds. The van der Waals surface area contributed by atoms with Crippen molar-refractivity contribution in [2.75, 3.05) is 31.6 Å². The van der Waals surface area contributed by atoms with Crippen LogP contribution in [0.25, 0.3) is 0 Å². The minimum atomic E-state index is 0.0336. The topological polar surface area (TPSA) is 50.8 Å². The second-order valence-electron chi connectivity index (χ2n) is 7.81. The fourth-order valence-corrected chi connectivity index (χ4v) is 4.21. The van der Waals surface area contributed by atoms with E-state index in [4.69, 9.17) is 9.47 Å². The van der Waals surface area contributed by atoms with Gasteiger partial charge in [0, 0.05) is 18.2 Å². The Morgan fingerprint density at radius 1 is 1.04 bits per heavy atom. The first-order valence-corrected chi connectivity index (χ1v) is 10.1. The number of anilines is 1. The Kier molecular flexibility index (Phi) is 5.53. The first kappa shape index (κ1) is 18.8. The molecule has 2 aliphatic rings. The molecule has 0 bridgehead atoms. The van der Waals surface area contributed by atoms with Crippen molar-refractivity contribution in [1.29, 1.82) is 0 Å². The zero-order chi connectivity index (χ0) is 19.5. The maximum Gasteiger partial charge on any atom is 0.238 e. The summed E-state index contributed by atoms with van der Waals surface area (Å²) in [6.45, 7) is 6.79. The van der Waals surface area contributed by atoms with E-state index in [0.29, 0.717) is 19.8 Å². The largest absolute Gasteiger partial charge is 0.490 e. The fraction of sp³-hybridized carbons (Fsp3) is 0.435. The number of nitrogens with zero attached hydrogens (tertiary/aromatic N) is 1. The lowest BCUT2D eigenvalue weighted by Crippen LogP contribution is -2.33. The van der Waals surface area contributed by atoms with Crippen molar-refractivity contribution >= 4 is 11.6 Å². The van der Waals surface area contributed by atoms with Crippen molar-refractivity contribution in [2.45, 2.75) is 39.2 Å². The summed E-state index contributed by atoms with van der Waals surface area (Å²) in [6, 6.07) is 12.6. The van der Waals surface area contributed by atoms with E-state index in [-0.39, 0.29) is 11.9 Å². The van der Waals surface area contributed by atoms with Crippen LogP contribution in [0.2, 0.25) is 0 Å². The van der Waals surface area contributed by atoms with Crippen LogP contribution in [0.15, 0.2) is 36.4 Å². The van der Waals surface area contributed by atoms with Gasteiger partial charge < -0.3 is 14.8 Å². The average molecular weight is 380 g/mol. The summed E-state index contributed by atoms with van der Waals surface area (Å²) in [7, 11) is 0. The predicted molar refractivity (Wildman–Crippen MR) is 110 cm³/mol. The van der Waals surface area contributed by atoms with E-state index in [1.54, 1.807) is 0 Å². The van der Waals surface area contributed by atoms with Gasteiger partial charge in [-0.2, -0.15) is 0 Å². The molecule has 0 aromatic heterocycles. The van der Waals surface area contributed by atoms with Crippen molar-refractivity contribution in [2.24, 2.45) is 0 Å². The molecule has 0 spiro atoms. The van der Waals surface area contributed by atoms with Crippen LogP contribution in [0.4, 0.5) is 5.69 Å². The number of benzene rings is 2. The molecule has 5 heteroatoms. The molecule has 28 heavy (non-hydrogen) atoms. The molecule has 1 fully saturated rings. The second kappa shape index (κ2) is 8.23. The van der Waals surface area contributed by atoms with E-state index < -0.39 is 0 Å². The molecule has 4 rings (SSSR count). The molecule has 5 nitrogen and oxygen atoms in total. The van der Waals surface area contributed by atoms with Gasteiger partial charge in [0.2, 0.25) is 5.91 Å². The average Bonchev–Trinajstić information content (AvgIpc) is 2.96. The third kappa shape index (κ3) is 4.30. The standard InChI is InChI=1S/C23H28N2O3/c1-16-11-17(2)13-19(12-16)24-23(26)15-25-8-3-5-20(25)18-6-7-21-22(14-18)28-10-4-9-27-21/h6-7,11-14,20H,3-5,8-10,15H2,1-2H3,(H,24,26). The fourth-order valence-electron chi connectivity index (χ4n) is 4.21. The number of carbonyl (C=O) groups is 1. The van der Waals surface area contributed by atoms with Gasteiger partial charge in [-0.1, -0.05) is 12.1 Å². The van der Waals surface area contributed by atoms with Crippen molar-refractivity contribution in [3.63, 3.8) is 0 Å². The van der Waals surface area contributed by atoms with Crippen molar-refractivity contribution < 1.29 is 14.3 Å². The lowest BCUT2D eigenvalue weighted by molar-refractivity contribution is -0.117. The molecule has 148 valence electrons. The van der Waals surface area contributed by atoms with Crippen LogP contribution in [-0.2, 0) is 4.79 Å². The van der Waals surface area contributed by atoms with Gasteiger partial charge in [0.05, 0.1) is 19.8 Å². The molecule has 0 saturated carbocycles. The minimum absolute atomic E-state index is 0.0336. The summed E-state index contributed by atoms with van der Waals surface area (Å²) in [5.41, 5.74) is 4.37. The summed E-state index contributed by atoms with van der Waals surface area (Å²) in [4.78, 5) is 14.9. The zero-order valence-corrected chi connectivity index (χ0v) is 16.7. The molecule has 0 aliphatic carbocycles. The molecule has 2 aromatic rings. The Bertz CT molecular complexity index is 845. The van der Waals surface area contributed by atoms with E-state index in [0.717, 1.165) is 54.1 Å². The molecule has 1 unspecified atom stereocenters. The number of ether oxygens (including phenoxy) is 2. The zero-order valence-electron chi connectivity index (χ0n) is 16.7. The lowest BCUT2D eigenvalue weighted by atomic mass is 10.0. The minimum Gasteiger partial charge on any atom is -0.490 e. The molecule has 0 radical (unpaired) electrons. The number of carbonyl (C=O) groups excluding carboxylic acids is 1. The number of hydrogen-bond acceptors (Lipinski definition) is 4. The lowest BCUT2D eigenvalue weighted by Gasteiger charge is -2.25. The maximum atomic E-state index is 12.6. The highest BCUT2D eigenvalue weighted by Gasteiger charge is 2.28. The SMILES string of the molecule is Cc1cc(C)cc(NC(=O)CN2CCCC2c2ccc3c(c2)OCCCO3)c1. The number of aryl methyl sites for hydroxylation is 2. The number of rotatable bonds is 4. The summed E-state index contributed by atoms with van der Waals surface area (Å²) >= 11 is 0. The van der Waals surface area contributed by atoms with E-state index in [1.807, 2.05) is 32.0 Å². The molecule has 2 aliphatic heterocycles. The van der Waals surface area contributed by atoms with Crippen molar-refractivity contribution in [3.8, 4) is 11.5 Å². The van der Waals surface area contributed by atoms with Crippen LogP contribution in [0.3, 0.4) is 0 Å². The van der Waals surface area contributed by atoms with E-state index in [9.17, 15) is 4.79 Å². The molecule has 1 atom stereocenters. The highest BCUT2D eigenvalue weighted by Crippen LogP contribution is 2.37. The smallest absolute Gasteiger partial charge is 0.238 e. The van der Waals surface area contributed by atoms with Gasteiger partial charge in [-0.3, -0.25) is 9.69 Å². The van der Waals surface area contributed by atoms with Crippen LogP contribution >= 0.6 is 0 Å². The number of hydrogen-bond donors (Lipinski definition) is 1. The van der Waals surface area contributed by atoms with Crippen molar-refractivity contribution in [3.05, 3.63) is 53.1 Å². The van der Waals surface area contributed by atoms with E-state index in [2.05, 4.69) is 28.4 Å². The molecule has 2 aromatic carbocycles. The highest BCUT2D eigenvalue weighted by molar-refractivity contribution is 5.92. The Morgan fingerprint density at radius 2 is 1.79 bits per heavy atom. The first-order chi connectivity index (χ1) is 13.6. The number of amides is 1. The molecule has 2 heterocycles. The quantitative estimate of drug-likeness (QED) is 0.862. The summed E-state index contributed by atoms with van der Waals surface area (Å²) in [5, 5.41) is 3.06. The van der Waals surface area contributed by atoms with Gasteiger partial charge in [0.1, 0.15) is 0 Å². The normalized spacial score (nSPS) is 19.3. The van der Waals surface area contributed by atoms with Gasteiger partial charge in [-0.05, 0) is 74.2 Å². The van der Waals surface area contributed by atoms with E-state index in [1.165, 1.54) is 5.56 Å².